The molecule has 0 amide bonds. The molecule has 2 aromatic heterocycles. The highest BCUT2D eigenvalue weighted by atomic mass is 16.1. The standard InChI is InChI=1S/C15H16N2O/c18-15-6-3-5-14-13(15)8-11-17(14)10-7-12-4-1-2-9-16-12/h1-2,4,8-9,11H,3,5-7,10H2. The predicted molar refractivity (Wildman–Crippen MR) is 69.6 cm³/mol. The van der Waals surface area contributed by atoms with E-state index in [-0.39, 0.29) is 0 Å². The molecule has 0 fully saturated rings. The molecule has 0 atom stereocenters. The zero-order chi connectivity index (χ0) is 12.4. The van der Waals surface area contributed by atoms with Crippen LogP contribution in [-0.2, 0) is 19.4 Å². The van der Waals surface area contributed by atoms with E-state index in [1.165, 1.54) is 5.69 Å². The van der Waals surface area contributed by atoms with E-state index in [9.17, 15) is 4.79 Å². The lowest BCUT2D eigenvalue weighted by Gasteiger charge is -2.14. The molecule has 3 rings (SSSR count). The van der Waals surface area contributed by atoms with Crippen LogP contribution < -0.4 is 0 Å². The highest BCUT2D eigenvalue weighted by Gasteiger charge is 2.20. The average molecular weight is 240 g/mol. The lowest BCUT2D eigenvalue weighted by Crippen LogP contribution is -2.14. The van der Waals surface area contributed by atoms with Crippen LogP contribution in [0.1, 0.15) is 34.6 Å². The van der Waals surface area contributed by atoms with Gasteiger partial charge in [0, 0.05) is 48.7 Å². The van der Waals surface area contributed by atoms with Crippen LogP contribution in [0.25, 0.3) is 0 Å². The van der Waals surface area contributed by atoms with Gasteiger partial charge < -0.3 is 4.57 Å². The van der Waals surface area contributed by atoms with Gasteiger partial charge in [0.05, 0.1) is 0 Å². The van der Waals surface area contributed by atoms with E-state index in [2.05, 4.69) is 9.55 Å². The minimum absolute atomic E-state index is 0.299. The van der Waals surface area contributed by atoms with Crippen molar-refractivity contribution in [3.63, 3.8) is 0 Å². The second kappa shape index (κ2) is 4.77. The molecule has 0 unspecified atom stereocenters. The van der Waals surface area contributed by atoms with E-state index >= 15 is 0 Å². The van der Waals surface area contributed by atoms with Gasteiger partial charge >= 0.3 is 0 Å². The number of hydrogen-bond donors (Lipinski definition) is 0. The lowest BCUT2D eigenvalue weighted by molar-refractivity contribution is 0.0972. The van der Waals surface area contributed by atoms with Crippen LogP contribution >= 0.6 is 0 Å². The summed E-state index contributed by atoms with van der Waals surface area (Å²) in [6.07, 6.45) is 7.49. The maximum atomic E-state index is 11.7. The van der Waals surface area contributed by atoms with Crippen molar-refractivity contribution in [1.82, 2.24) is 9.55 Å². The van der Waals surface area contributed by atoms with Gasteiger partial charge in [0.2, 0.25) is 0 Å². The fraction of sp³-hybridized carbons (Fsp3) is 0.333. The van der Waals surface area contributed by atoms with Crippen LogP contribution in [0, 0.1) is 0 Å². The molecule has 0 bridgehead atoms. The molecule has 0 aromatic carbocycles. The van der Waals surface area contributed by atoms with E-state index in [0.29, 0.717) is 12.2 Å². The Morgan fingerprint density at radius 2 is 2.17 bits per heavy atom. The first-order valence-corrected chi connectivity index (χ1v) is 6.46. The first kappa shape index (κ1) is 11.2. The molecule has 0 saturated heterocycles. The van der Waals surface area contributed by atoms with E-state index in [4.69, 9.17) is 0 Å². The highest BCUT2D eigenvalue weighted by molar-refractivity contribution is 5.98. The summed E-state index contributed by atoms with van der Waals surface area (Å²) in [4.78, 5) is 16.1. The van der Waals surface area contributed by atoms with Gasteiger partial charge in [-0.3, -0.25) is 9.78 Å². The zero-order valence-corrected chi connectivity index (χ0v) is 10.3. The Morgan fingerprint density at radius 3 is 3.00 bits per heavy atom. The van der Waals surface area contributed by atoms with Gasteiger partial charge in [0.1, 0.15) is 0 Å². The number of carbonyl (C=O) groups is 1. The Hall–Kier alpha value is -1.90. The number of aryl methyl sites for hydroxylation is 2. The van der Waals surface area contributed by atoms with Crippen LogP contribution in [0.3, 0.4) is 0 Å². The number of pyridine rings is 1. The Balaban J connectivity index is 1.76. The SMILES string of the molecule is O=C1CCCc2c1ccn2CCc1ccccn1. The summed E-state index contributed by atoms with van der Waals surface area (Å²) in [5.74, 6) is 0.299. The molecule has 18 heavy (non-hydrogen) atoms. The van der Waals surface area contributed by atoms with Crippen LogP contribution in [0.15, 0.2) is 36.7 Å². The third-order valence-electron chi connectivity index (χ3n) is 3.53. The summed E-state index contributed by atoms with van der Waals surface area (Å²) in [5.41, 5.74) is 3.24. The number of aromatic nitrogens is 2. The number of carbonyl (C=O) groups excluding carboxylic acids is 1. The summed E-state index contributed by atoms with van der Waals surface area (Å²) < 4.78 is 2.21. The molecular formula is C15H16N2O. The number of Topliss-reactive ketones (excluding diaryl/α,β-unsaturated/α-hetero) is 1. The molecule has 0 spiro atoms. The van der Waals surface area contributed by atoms with Crippen LogP contribution in [0.2, 0.25) is 0 Å². The molecule has 2 aromatic rings. The Morgan fingerprint density at radius 1 is 1.22 bits per heavy atom. The fourth-order valence-electron chi connectivity index (χ4n) is 2.58. The molecular weight excluding hydrogens is 224 g/mol. The van der Waals surface area contributed by atoms with Gasteiger partial charge in [-0.1, -0.05) is 6.07 Å². The Labute approximate surface area is 106 Å². The largest absolute Gasteiger partial charge is 0.350 e. The molecule has 0 saturated carbocycles. The van der Waals surface area contributed by atoms with Crippen molar-refractivity contribution < 1.29 is 4.79 Å². The first-order valence-electron chi connectivity index (χ1n) is 6.46. The summed E-state index contributed by atoms with van der Waals surface area (Å²) >= 11 is 0. The second-order valence-electron chi connectivity index (χ2n) is 4.72. The van der Waals surface area contributed by atoms with Crippen LogP contribution in [0.5, 0.6) is 0 Å². The normalized spacial score (nSPS) is 14.6. The number of ketones is 1. The summed E-state index contributed by atoms with van der Waals surface area (Å²) in [6, 6.07) is 7.95. The predicted octanol–water partition coefficient (Wildman–Crippen LogP) is 2.64. The topological polar surface area (TPSA) is 34.9 Å². The van der Waals surface area contributed by atoms with E-state index in [1.807, 2.05) is 36.7 Å². The minimum Gasteiger partial charge on any atom is -0.350 e. The van der Waals surface area contributed by atoms with Crippen molar-refractivity contribution in [2.45, 2.75) is 32.2 Å². The molecule has 0 radical (unpaired) electrons. The molecule has 1 aliphatic rings. The molecule has 0 N–H and O–H groups in total. The summed E-state index contributed by atoms with van der Waals surface area (Å²) in [5, 5.41) is 0. The Bertz CT molecular complexity index is 557. The number of hydrogen-bond acceptors (Lipinski definition) is 2. The summed E-state index contributed by atoms with van der Waals surface area (Å²) in [7, 11) is 0. The van der Waals surface area contributed by atoms with Gasteiger partial charge in [0.15, 0.2) is 5.78 Å². The third kappa shape index (κ3) is 2.08. The third-order valence-corrected chi connectivity index (χ3v) is 3.53. The fourth-order valence-corrected chi connectivity index (χ4v) is 2.58. The second-order valence-corrected chi connectivity index (χ2v) is 4.72. The average Bonchev–Trinajstić information content (AvgIpc) is 2.82. The van der Waals surface area contributed by atoms with Gasteiger partial charge in [-0.05, 0) is 31.0 Å². The quantitative estimate of drug-likeness (QED) is 0.826. The van der Waals surface area contributed by atoms with E-state index in [1.54, 1.807) is 0 Å². The number of rotatable bonds is 3. The molecule has 1 aliphatic carbocycles. The first-order chi connectivity index (χ1) is 8.84. The van der Waals surface area contributed by atoms with Crippen LogP contribution in [-0.4, -0.2) is 15.3 Å². The van der Waals surface area contributed by atoms with Crippen molar-refractivity contribution >= 4 is 5.78 Å². The van der Waals surface area contributed by atoms with Crippen molar-refractivity contribution in [3.8, 4) is 0 Å². The zero-order valence-electron chi connectivity index (χ0n) is 10.3. The highest BCUT2D eigenvalue weighted by Crippen LogP contribution is 2.22. The van der Waals surface area contributed by atoms with E-state index < -0.39 is 0 Å². The summed E-state index contributed by atoms with van der Waals surface area (Å²) in [6.45, 7) is 0.902. The van der Waals surface area contributed by atoms with Gasteiger partial charge in [-0.15, -0.1) is 0 Å². The van der Waals surface area contributed by atoms with Gasteiger partial charge in [-0.25, -0.2) is 0 Å². The molecule has 2 heterocycles. The van der Waals surface area contributed by atoms with E-state index in [0.717, 1.165) is 37.1 Å². The molecule has 0 aliphatic heterocycles. The van der Waals surface area contributed by atoms with Crippen molar-refractivity contribution in [1.29, 1.82) is 0 Å². The molecule has 3 heteroatoms. The van der Waals surface area contributed by atoms with Crippen molar-refractivity contribution in [2.24, 2.45) is 0 Å². The smallest absolute Gasteiger partial charge is 0.164 e. The van der Waals surface area contributed by atoms with Gasteiger partial charge in [0.25, 0.3) is 0 Å². The van der Waals surface area contributed by atoms with Crippen LogP contribution in [0.4, 0.5) is 0 Å². The number of fused-ring (bicyclic) bond motifs is 1. The monoisotopic (exact) mass is 240 g/mol. The maximum absolute atomic E-state index is 11.7. The maximum Gasteiger partial charge on any atom is 0.164 e. The number of nitrogens with zero attached hydrogens (tertiary/aromatic N) is 2. The Kier molecular flexibility index (Phi) is 2.97. The van der Waals surface area contributed by atoms with Crippen molar-refractivity contribution in [3.05, 3.63) is 53.6 Å². The molecule has 3 nitrogen and oxygen atoms in total. The molecule has 92 valence electrons. The van der Waals surface area contributed by atoms with Crippen molar-refractivity contribution in [2.75, 3.05) is 0 Å². The van der Waals surface area contributed by atoms with Gasteiger partial charge in [-0.2, -0.15) is 0 Å². The lowest BCUT2D eigenvalue weighted by atomic mass is 9.97. The minimum atomic E-state index is 0.299.